The molecule has 1 heterocycles. The summed E-state index contributed by atoms with van der Waals surface area (Å²) in [7, 11) is 0. The zero-order valence-electron chi connectivity index (χ0n) is 8.96. The zero-order valence-corrected chi connectivity index (χ0v) is 8.96. The minimum Gasteiger partial charge on any atom is -0.478 e. The second kappa shape index (κ2) is 3.69. The molecule has 2 aromatic rings. The molecule has 0 unspecified atom stereocenters. The molecule has 1 aromatic carbocycles. The lowest BCUT2D eigenvalue weighted by Crippen LogP contribution is -1.96. The lowest BCUT2D eigenvalue weighted by atomic mass is 10.1. The fraction of sp³-hybridized carbons (Fsp3) is 0.250. The van der Waals surface area contributed by atoms with Gasteiger partial charge in [0.25, 0.3) is 0 Å². The highest BCUT2D eigenvalue weighted by atomic mass is 16.5. The van der Waals surface area contributed by atoms with Crippen molar-refractivity contribution in [2.24, 2.45) is 0 Å². The Hall–Kier alpha value is -2.17. The average Bonchev–Trinajstić information content (AvgIpc) is 3.07. The van der Waals surface area contributed by atoms with Crippen LogP contribution in [0.1, 0.15) is 35.0 Å². The number of aromatic nitrogens is 2. The number of benzene rings is 1. The Morgan fingerprint density at radius 1 is 1.41 bits per heavy atom. The SMILES string of the molecule is O=C(O)c1cccc(-c2noc(C3CC3)n2)c1. The van der Waals surface area contributed by atoms with E-state index in [0.717, 1.165) is 12.8 Å². The van der Waals surface area contributed by atoms with Gasteiger partial charge >= 0.3 is 5.97 Å². The summed E-state index contributed by atoms with van der Waals surface area (Å²) < 4.78 is 5.13. The van der Waals surface area contributed by atoms with Crippen LogP contribution in [0, 0.1) is 0 Å². The predicted octanol–water partition coefficient (Wildman–Crippen LogP) is 2.31. The molecule has 1 aromatic heterocycles. The van der Waals surface area contributed by atoms with Crippen LogP contribution in [0.3, 0.4) is 0 Å². The lowest BCUT2D eigenvalue weighted by molar-refractivity contribution is 0.0697. The van der Waals surface area contributed by atoms with E-state index in [4.69, 9.17) is 9.63 Å². The third-order valence-corrected chi connectivity index (χ3v) is 2.74. The summed E-state index contributed by atoms with van der Waals surface area (Å²) in [5.74, 6) is 0.549. The first-order chi connectivity index (χ1) is 8.24. The van der Waals surface area contributed by atoms with Crippen molar-refractivity contribution in [1.82, 2.24) is 10.1 Å². The Bertz CT molecular complexity index is 573. The molecule has 86 valence electrons. The van der Waals surface area contributed by atoms with Gasteiger partial charge in [-0.2, -0.15) is 4.98 Å². The molecule has 1 aliphatic rings. The molecular formula is C12H10N2O3. The van der Waals surface area contributed by atoms with Gasteiger partial charge in [-0.3, -0.25) is 0 Å². The zero-order chi connectivity index (χ0) is 11.8. The first kappa shape index (κ1) is 10.0. The number of carboxylic acid groups (broad SMARTS) is 1. The molecule has 5 heteroatoms. The smallest absolute Gasteiger partial charge is 0.335 e. The molecule has 0 saturated heterocycles. The summed E-state index contributed by atoms with van der Waals surface area (Å²) in [6.45, 7) is 0. The number of hydrogen-bond donors (Lipinski definition) is 1. The van der Waals surface area contributed by atoms with Crippen molar-refractivity contribution in [3.05, 3.63) is 35.7 Å². The normalized spacial score (nSPS) is 14.8. The molecule has 0 bridgehead atoms. The fourth-order valence-corrected chi connectivity index (χ4v) is 1.64. The van der Waals surface area contributed by atoms with Crippen molar-refractivity contribution < 1.29 is 14.4 Å². The van der Waals surface area contributed by atoms with E-state index in [0.29, 0.717) is 23.2 Å². The van der Waals surface area contributed by atoms with Crippen LogP contribution < -0.4 is 0 Å². The number of hydrogen-bond acceptors (Lipinski definition) is 4. The first-order valence-corrected chi connectivity index (χ1v) is 5.41. The summed E-state index contributed by atoms with van der Waals surface area (Å²) in [6, 6.07) is 6.53. The molecule has 1 aliphatic carbocycles. The van der Waals surface area contributed by atoms with E-state index in [2.05, 4.69) is 10.1 Å². The standard InChI is InChI=1S/C12H10N2O3/c15-12(16)9-3-1-2-8(6-9)10-13-11(17-14-10)7-4-5-7/h1-3,6-7H,4-5H2,(H,15,16). The molecule has 0 amide bonds. The Balaban J connectivity index is 1.96. The Morgan fingerprint density at radius 2 is 2.24 bits per heavy atom. The molecule has 3 rings (SSSR count). The van der Waals surface area contributed by atoms with Crippen molar-refractivity contribution in [3.63, 3.8) is 0 Å². The van der Waals surface area contributed by atoms with Gasteiger partial charge < -0.3 is 9.63 Å². The average molecular weight is 230 g/mol. The van der Waals surface area contributed by atoms with Gasteiger partial charge in [0, 0.05) is 11.5 Å². The number of carboxylic acids is 1. The molecule has 0 radical (unpaired) electrons. The van der Waals surface area contributed by atoms with E-state index in [1.807, 2.05) is 0 Å². The Morgan fingerprint density at radius 3 is 2.94 bits per heavy atom. The van der Waals surface area contributed by atoms with Crippen LogP contribution in [-0.2, 0) is 0 Å². The highest BCUT2D eigenvalue weighted by molar-refractivity contribution is 5.89. The maximum atomic E-state index is 10.8. The van der Waals surface area contributed by atoms with Crippen LogP contribution >= 0.6 is 0 Å². The van der Waals surface area contributed by atoms with Crippen LogP contribution in [0.25, 0.3) is 11.4 Å². The minimum atomic E-state index is -0.960. The second-order valence-corrected chi connectivity index (χ2v) is 4.12. The van der Waals surface area contributed by atoms with Crippen LogP contribution in [-0.4, -0.2) is 21.2 Å². The third kappa shape index (κ3) is 1.91. The topological polar surface area (TPSA) is 76.2 Å². The van der Waals surface area contributed by atoms with Gasteiger partial charge in [-0.25, -0.2) is 4.79 Å². The monoisotopic (exact) mass is 230 g/mol. The summed E-state index contributed by atoms with van der Waals surface area (Å²) in [5, 5.41) is 12.8. The number of nitrogens with zero attached hydrogens (tertiary/aromatic N) is 2. The van der Waals surface area contributed by atoms with Crippen LogP contribution in [0.4, 0.5) is 0 Å². The van der Waals surface area contributed by atoms with Crippen LogP contribution in [0.15, 0.2) is 28.8 Å². The maximum Gasteiger partial charge on any atom is 0.335 e. The molecule has 5 nitrogen and oxygen atoms in total. The van der Waals surface area contributed by atoms with Gasteiger partial charge in [0.1, 0.15) is 0 Å². The summed E-state index contributed by atoms with van der Waals surface area (Å²) in [5.41, 5.74) is 0.890. The van der Waals surface area contributed by atoms with Gasteiger partial charge in [-0.15, -0.1) is 0 Å². The Kier molecular flexibility index (Phi) is 2.18. The second-order valence-electron chi connectivity index (χ2n) is 4.12. The molecule has 1 saturated carbocycles. The van der Waals surface area contributed by atoms with Gasteiger partial charge in [-0.1, -0.05) is 17.3 Å². The van der Waals surface area contributed by atoms with Crippen molar-refractivity contribution in [2.75, 3.05) is 0 Å². The van der Waals surface area contributed by atoms with Gasteiger partial charge in [0.15, 0.2) is 0 Å². The van der Waals surface area contributed by atoms with Crippen molar-refractivity contribution >= 4 is 5.97 Å². The summed E-state index contributed by atoms with van der Waals surface area (Å²) in [6.07, 6.45) is 2.19. The van der Waals surface area contributed by atoms with Crippen LogP contribution in [0.2, 0.25) is 0 Å². The quantitative estimate of drug-likeness (QED) is 0.875. The van der Waals surface area contributed by atoms with Crippen LogP contribution in [0.5, 0.6) is 0 Å². The third-order valence-electron chi connectivity index (χ3n) is 2.74. The van der Waals surface area contributed by atoms with E-state index >= 15 is 0 Å². The fourth-order valence-electron chi connectivity index (χ4n) is 1.64. The number of carbonyl (C=O) groups is 1. The summed E-state index contributed by atoms with van der Waals surface area (Å²) in [4.78, 5) is 15.1. The highest BCUT2D eigenvalue weighted by Crippen LogP contribution is 2.39. The van der Waals surface area contributed by atoms with E-state index < -0.39 is 5.97 Å². The molecule has 0 spiro atoms. The molecule has 0 aliphatic heterocycles. The molecular weight excluding hydrogens is 220 g/mol. The van der Waals surface area contributed by atoms with Gasteiger partial charge in [-0.05, 0) is 25.0 Å². The van der Waals surface area contributed by atoms with Crippen molar-refractivity contribution in [2.45, 2.75) is 18.8 Å². The summed E-state index contributed by atoms with van der Waals surface area (Å²) >= 11 is 0. The number of aromatic carboxylic acids is 1. The molecule has 0 atom stereocenters. The number of rotatable bonds is 3. The van der Waals surface area contributed by atoms with E-state index in [-0.39, 0.29) is 5.56 Å². The highest BCUT2D eigenvalue weighted by Gasteiger charge is 2.29. The van der Waals surface area contributed by atoms with Crippen molar-refractivity contribution in [3.8, 4) is 11.4 Å². The van der Waals surface area contributed by atoms with E-state index in [1.165, 1.54) is 6.07 Å². The van der Waals surface area contributed by atoms with E-state index in [9.17, 15) is 4.79 Å². The maximum absolute atomic E-state index is 10.8. The molecule has 1 N–H and O–H groups in total. The molecule has 17 heavy (non-hydrogen) atoms. The largest absolute Gasteiger partial charge is 0.478 e. The van der Waals surface area contributed by atoms with Gasteiger partial charge in [0.2, 0.25) is 11.7 Å². The molecule has 1 fully saturated rings. The minimum absolute atomic E-state index is 0.222. The first-order valence-electron chi connectivity index (χ1n) is 5.41. The lowest BCUT2D eigenvalue weighted by Gasteiger charge is -1.96. The van der Waals surface area contributed by atoms with Gasteiger partial charge in [0.05, 0.1) is 5.56 Å². The predicted molar refractivity (Wildman–Crippen MR) is 58.7 cm³/mol. The Labute approximate surface area is 97.1 Å². The van der Waals surface area contributed by atoms with E-state index in [1.54, 1.807) is 18.2 Å². The van der Waals surface area contributed by atoms with Crippen molar-refractivity contribution in [1.29, 1.82) is 0 Å².